The highest BCUT2D eigenvalue weighted by molar-refractivity contribution is 14.1. The molecule has 0 unspecified atom stereocenters. The number of hydrogen-bond donors (Lipinski definition) is 1. The summed E-state index contributed by atoms with van der Waals surface area (Å²) in [6, 6.07) is 0. The van der Waals surface area contributed by atoms with Crippen molar-refractivity contribution in [3.63, 3.8) is 0 Å². The molecule has 0 rings (SSSR count). The molecule has 0 aliphatic carbocycles. The van der Waals surface area contributed by atoms with Gasteiger partial charge < -0.3 is 0 Å². The molecule has 5 nitrogen and oxygen atoms in total. The molecular formula is C6H14INO4S2. The summed E-state index contributed by atoms with van der Waals surface area (Å²) in [6.07, 6.45) is 2.55. The van der Waals surface area contributed by atoms with Gasteiger partial charge in [0.1, 0.15) is 0 Å². The lowest BCUT2D eigenvalue weighted by Gasteiger charge is -2.04. The minimum absolute atomic E-state index is 0.306. The lowest BCUT2D eigenvalue weighted by Crippen LogP contribution is -2.30. The Morgan fingerprint density at radius 2 is 1.71 bits per heavy atom. The van der Waals surface area contributed by atoms with Crippen molar-refractivity contribution in [1.29, 1.82) is 0 Å². The Hall–Kier alpha value is 0.590. The first-order valence-corrected chi connectivity index (χ1v) is 9.22. The fourth-order valence-electron chi connectivity index (χ4n) is 0.771. The van der Waals surface area contributed by atoms with Gasteiger partial charge in [0.15, 0.2) is 14.9 Å². The molecule has 0 aromatic heterocycles. The van der Waals surface area contributed by atoms with Crippen LogP contribution in [-0.2, 0) is 19.9 Å². The molecule has 0 aromatic carbocycles. The summed E-state index contributed by atoms with van der Waals surface area (Å²) in [5.74, 6) is 0. The van der Waals surface area contributed by atoms with Crippen LogP contribution in [-0.4, -0.2) is 39.1 Å². The van der Waals surface area contributed by atoms with E-state index in [2.05, 4.69) is 27.3 Å². The van der Waals surface area contributed by atoms with Gasteiger partial charge in [-0.2, -0.15) is 0 Å². The summed E-state index contributed by atoms with van der Waals surface area (Å²) >= 11 is 2.20. The maximum Gasteiger partial charge on any atom is 0.226 e. The first-order chi connectivity index (χ1) is 6.27. The Kier molecular flexibility index (Phi) is 6.50. The molecule has 0 bridgehead atoms. The van der Waals surface area contributed by atoms with Gasteiger partial charge in [0.25, 0.3) is 0 Å². The second-order valence-electron chi connectivity index (χ2n) is 2.95. The number of nitrogens with one attached hydrogen (secondary N) is 1. The van der Waals surface area contributed by atoms with E-state index in [1.165, 1.54) is 0 Å². The molecule has 0 radical (unpaired) electrons. The molecule has 0 aliphatic heterocycles. The second-order valence-corrected chi connectivity index (χ2v) is 8.34. The SMILES string of the molecule is CS(=O)(=O)CS(=O)(=O)NCCCCI. The lowest BCUT2D eigenvalue weighted by molar-refractivity contribution is 0.578. The molecule has 0 aromatic rings. The predicted molar refractivity (Wildman–Crippen MR) is 64.8 cm³/mol. The molecule has 0 heterocycles. The zero-order valence-electron chi connectivity index (χ0n) is 7.86. The fraction of sp³-hybridized carbons (Fsp3) is 1.00. The van der Waals surface area contributed by atoms with Crippen LogP contribution in [0, 0.1) is 0 Å². The van der Waals surface area contributed by atoms with E-state index in [1.54, 1.807) is 0 Å². The average molecular weight is 355 g/mol. The number of unbranched alkanes of at least 4 members (excludes halogenated alkanes) is 1. The van der Waals surface area contributed by atoms with Crippen molar-refractivity contribution in [2.24, 2.45) is 0 Å². The Morgan fingerprint density at radius 3 is 2.14 bits per heavy atom. The first kappa shape index (κ1) is 14.6. The number of alkyl halides is 1. The second kappa shape index (κ2) is 6.23. The van der Waals surface area contributed by atoms with Gasteiger partial charge in [-0.1, -0.05) is 22.6 Å². The highest BCUT2D eigenvalue weighted by Gasteiger charge is 2.16. The highest BCUT2D eigenvalue weighted by atomic mass is 127. The van der Waals surface area contributed by atoms with Crippen molar-refractivity contribution in [3.8, 4) is 0 Å². The lowest BCUT2D eigenvalue weighted by atomic mass is 10.3. The van der Waals surface area contributed by atoms with Crippen LogP contribution in [0.25, 0.3) is 0 Å². The molecule has 8 heteroatoms. The molecule has 0 saturated heterocycles. The van der Waals surface area contributed by atoms with Crippen LogP contribution in [0.3, 0.4) is 0 Å². The van der Waals surface area contributed by atoms with Crippen LogP contribution in [0.5, 0.6) is 0 Å². The summed E-state index contributed by atoms with van der Waals surface area (Å²) < 4.78 is 46.9. The minimum atomic E-state index is -3.66. The summed E-state index contributed by atoms with van der Waals surface area (Å²) in [5.41, 5.74) is 0. The zero-order valence-corrected chi connectivity index (χ0v) is 11.7. The van der Waals surface area contributed by atoms with E-state index >= 15 is 0 Å². The molecule has 0 atom stereocenters. The van der Waals surface area contributed by atoms with E-state index in [9.17, 15) is 16.8 Å². The molecule has 0 amide bonds. The molecule has 86 valence electrons. The van der Waals surface area contributed by atoms with E-state index < -0.39 is 24.9 Å². The van der Waals surface area contributed by atoms with E-state index in [4.69, 9.17) is 0 Å². The number of sulfonamides is 1. The third kappa shape index (κ3) is 9.16. The normalized spacial score (nSPS) is 13.0. The monoisotopic (exact) mass is 355 g/mol. The largest absolute Gasteiger partial charge is 0.228 e. The predicted octanol–water partition coefficient (Wildman–Crippen LogP) is 0.123. The quantitative estimate of drug-likeness (QED) is 0.400. The molecule has 1 N–H and O–H groups in total. The van der Waals surface area contributed by atoms with E-state index in [0.717, 1.165) is 23.5 Å². The van der Waals surface area contributed by atoms with Gasteiger partial charge in [-0.3, -0.25) is 0 Å². The van der Waals surface area contributed by atoms with Crippen molar-refractivity contribution < 1.29 is 16.8 Å². The summed E-state index contributed by atoms with van der Waals surface area (Å²) in [4.78, 5) is 0. The van der Waals surface area contributed by atoms with Crippen LogP contribution in [0.15, 0.2) is 0 Å². The third-order valence-electron chi connectivity index (χ3n) is 1.25. The van der Waals surface area contributed by atoms with Gasteiger partial charge in [0.2, 0.25) is 10.0 Å². The van der Waals surface area contributed by atoms with Gasteiger partial charge in [0.05, 0.1) is 0 Å². The first-order valence-electron chi connectivity index (χ1n) is 3.98. The Labute approximate surface area is 98.8 Å². The maximum atomic E-state index is 11.1. The zero-order chi connectivity index (χ0) is 11.2. The van der Waals surface area contributed by atoms with Crippen molar-refractivity contribution in [1.82, 2.24) is 4.72 Å². The molecule has 0 fully saturated rings. The highest BCUT2D eigenvalue weighted by Crippen LogP contribution is 1.95. The number of hydrogen-bond acceptors (Lipinski definition) is 4. The summed E-state index contributed by atoms with van der Waals surface area (Å²) in [6.45, 7) is 0.306. The van der Waals surface area contributed by atoms with Gasteiger partial charge in [-0.25, -0.2) is 21.6 Å². The van der Waals surface area contributed by atoms with E-state index in [0.29, 0.717) is 6.54 Å². The third-order valence-corrected chi connectivity index (χ3v) is 5.61. The van der Waals surface area contributed by atoms with Gasteiger partial charge in [-0.05, 0) is 17.3 Å². The summed E-state index contributed by atoms with van der Waals surface area (Å²) in [7, 11) is -7.14. The van der Waals surface area contributed by atoms with Crippen LogP contribution >= 0.6 is 22.6 Å². The Balaban J connectivity index is 3.98. The van der Waals surface area contributed by atoms with Gasteiger partial charge in [0, 0.05) is 12.8 Å². The van der Waals surface area contributed by atoms with Crippen LogP contribution in [0.1, 0.15) is 12.8 Å². The van der Waals surface area contributed by atoms with Gasteiger partial charge >= 0.3 is 0 Å². The number of sulfone groups is 1. The van der Waals surface area contributed by atoms with Crippen molar-refractivity contribution in [3.05, 3.63) is 0 Å². The summed E-state index contributed by atoms with van der Waals surface area (Å²) in [5, 5.41) is -0.829. The minimum Gasteiger partial charge on any atom is -0.228 e. The standard InChI is InChI=1S/C6H14INO4S2/c1-13(9,10)6-14(11,12)8-5-3-2-4-7/h8H,2-6H2,1H3. The molecule has 14 heavy (non-hydrogen) atoms. The van der Waals surface area contributed by atoms with Gasteiger partial charge in [-0.15, -0.1) is 0 Å². The Bertz CT molecular complexity index is 348. The van der Waals surface area contributed by atoms with Crippen LogP contribution in [0.2, 0.25) is 0 Å². The van der Waals surface area contributed by atoms with E-state index in [1.807, 2.05) is 0 Å². The van der Waals surface area contributed by atoms with Crippen molar-refractivity contribution in [2.45, 2.75) is 12.8 Å². The van der Waals surface area contributed by atoms with Crippen molar-refractivity contribution >= 4 is 42.5 Å². The number of rotatable bonds is 7. The molecule has 0 spiro atoms. The molecule has 0 aliphatic rings. The van der Waals surface area contributed by atoms with Crippen LogP contribution in [0.4, 0.5) is 0 Å². The van der Waals surface area contributed by atoms with Crippen LogP contribution < -0.4 is 4.72 Å². The number of halogens is 1. The average Bonchev–Trinajstić information content (AvgIpc) is 1.93. The van der Waals surface area contributed by atoms with E-state index in [-0.39, 0.29) is 0 Å². The smallest absolute Gasteiger partial charge is 0.226 e. The topological polar surface area (TPSA) is 80.3 Å². The van der Waals surface area contributed by atoms with Crippen molar-refractivity contribution in [2.75, 3.05) is 22.3 Å². The fourth-order valence-corrected chi connectivity index (χ4v) is 4.35. The molecule has 0 saturated carbocycles. The molecular weight excluding hydrogens is 341 g/mol. The maximum absolute atomic E-state index is 11.1. The Morgan fingerprint density at radius 1 is 1.14 bits per heavy atom.